The van der Waals surface area contributed by atoms with E-state index in [0.29, 0.717) is 6.04 Å². The smallest absolute Gasteiger partial charge is 0.120 e. The minimum atomic E-state index is 0.525. The standard InChI is InChI=1S/C11H17NO/c1-8(2)12-7-11-10(5-6-13-11)9-3-4-9/h5-6,8-9,12H,3-4,7H2,1-2H3. The molecule has 1 fully saturated rings. The normalized spacial score (nSPS) is 16.8. The van der Waals surface area contributed by atoms with Gasteiger partial charge in [0, 0.05) is 6.04 Å². The van der Waals surface area contributed by atoms with Gasteiger partial charge in [0.15, 0.2) is 0 Å². The lowest BCUT2D eigenvalue weighted by atomic mass is 10.1. The molecule has 0 aliphatic heterocycles. The molecule has 1 N–H and O–H groups in total. The molecule has 2 heteroatoms. The fourth-order valence-electron chi connectivity index (χ4n) is 1.55. The van der Waals surface area contributed by atoms with Crippen LogP contribution in [0.2, 0.25) is 0 Å². The van der Waals surface area contributed by atoms with Crippen molar-refractivity contribution in [2.24, 2.45) is 0 Å². The van der Waals surface area contributed by atoms with E-state index in [1.807, 2.05) is 6.26 Å². The Hall–Kier alpha value is -0.760. The van der Waals surface area contributed by atoms with Crippen LogP contribution in [0.4, 0.5) is 0 Å². The highest BCUT2D eigenvalue weighted by Crippen LogP contribution is 2.41. The fourth-order valence-corrected chi connectivity index (χ4v) is 1.55. The molecule has 1 aliphatic carbocycles. The number of furan rings is 1. The molecule has 1 saturated carbocycles. The topological polar surface area (TPSA) is 25.2 Å². The van der Waals surface area contributed by atoms with Gasteiger partial charge in [0.05, 0.1) is 12.8 Å². The minimum Gasteiger partial charge on any atom is -0.468 e. The first-order valence-electron chi connectivity index (χ1n) is 5.07. The van der Waals surface area contributed by atoms with Crippen molar-refractivity contribution in [3.63, 3.8) is 0 Å². The first-order chi connectivity index (χ1) is 6.27. The summed E-state index contributed by atoms with van der Waals surface area (Å²) in [6.07, 6.45) is 4.49. The van der Waals surface area contributed by atoms with Gasteiger partial charge >= 0.3 is 0 Å². The molecular formula is C11H17NO. The Morgan fingerprint density at radius 2 is 2.31 bits per heavy atom. The molecule has 0 radical (unpaired) electrons. The minimum absolute atomic E-state index is 0.525. The van der Waals surface area contributed by atoms with E-state index < -0.39 is 0 Å². The van der Waals surface area contributed by atoms with Crippen molar-refractivity contribution in [1.29, 1.82) is 0 Å². The SMILES string of the molecule is CC(C)NCc1occc1C1CC1. The summed E-state index contributed by atoms with van der Waals surface area (Å²) in [6.45, 7) is 5.18. The molecule has 0 spiro atoms. The zero-order valence-electron chi connectivity index (χ0n) is 8.34. The predicted octanol–water partition coefficient (Wildman–Crippen LogP) is 2.66. The highest BCUT2D eigenvalue weighted by Gasteiger charge is 2.27. The quantitative estimate of drug-likeness (QED) is 0.768. The van der Waals surface area contributed by atoms with Crippen LogP contribution < -0.4 is 5.32 Å². The predicted molar refractivity (Wildman–Crippen MR) is 52.7 cm³/mol. The summed E-state index contributed by atoms with van der Waals surface area (Å²) in [5, 5.41) is 3.38. The van der Waals surface area contributed by atoms with Gasteiger partial charge in [0.2, 0.25) is 0 Å². The van der Waals surface area contributed by atoms with Crippen molar-refractivity contribution in [2.75, 3.05) is 0 Å². The van der Waals surface area contributed by atoms with Gasteiger partial charge in [-0.2, -0.15) is 0 Å². The van der Waals surface area contributed by atoms with Gasteiger partial charge in [-0.05, 0) is 30.4 Å². The molecule has 0 saturated heterocycles. The molecule has 1 aromatic rings. The third-order valence-electron chi connectivity index (χ3n) is 2.47. The summed E-state index contributed by atoms with van der Waals surface area (Å²) < 4.78 is 5.45. The maximum atomic E-state index is 5.45. The Kier molecular flexibility index (Phi) is 2.40. The van der Waals surface area contributed by atoms with Crippen LogP contribution >= 0.6 is 0 Å². The van der Waals surface area contributed by atoms with E-state index in [1.165, 1.54) is 18.4 Å². The summed E-state index contributed by atoms with van der Waals surface area (Å²) in [5.41, 5.74) is 1.42. The van der Waals surface area contributed by atoms with Gasteiger partial charge in [-0.1, -0.05) is 13.8 Å². The lowest BCUT2D eigenvalue weighted by Crippen LogP contribution is -2.22. The third-order valence-corrected chi connectivity index (χ3v) is 2.47. The van der Waals surface area contributed by atoms with Crippen LogP contribution in [0.25, 0.3) is 0 Å². The molecule has 13 heavy (non-hydrogen) atoms. The molecule has 2 nitrogen and oxygen atoms in total. The largest absolute Gasteiger partial charge is 0.468 e. The third kappa shape index (κ3) is 2.13. The lowest BCUT2D eigenvalue weighted by molar-refractivity contribution is 0.461. The van der Waals surface area contributed by atoms with Crippen LogP contribution in [0.1, 0.15) is 43.9 Å². The highest BCUT2D eigenvalue weighted by molar-refractivity contribution is 5.25. The number of rotatable bonds is 4. The summed E-state index contributed by atoms with van der Waals surface area (Å²) in [7, 11) is 0. The van der Waals surface area contributed by atoms with Gasteiger partial charge in [-0.15, -0.1) is 0 Å². The zero-order valence-corrected chi connectivity index (χ0v) is 8.34. The molecule has 72 valence electrons. The van der Waals surface area contributed by atoms with Crippen molar-refractivity contribution in [2.45, 2.75) is 45.2 Å². The fraction of sp³-hybridized carbons (Fsp3) is 0.636. The van der Waals surface area contributed by atoms with E-state index >= 15 is 0 Å². The van der Waals surface area contributed by atoms with Crippen LogP contribution in [-0.4, -0.2) is 6.04 Å². The molecule has 0 unspecified atom stereocenters. The molecule has 1 heterocycles. The van der Waals surface area contributed by atoms with Crippen LogP contribution in [-0.2, 0) is 6.54 Å². The first kappa shape index (κ1) is 8.82. The summed E-state index contributed by atoms with van der Waals surface area (Å²) in [6, 6.07) is 2.65. The highest BCUT2D eigenvalue weighted by atomic mass is 16.3. The molecule has 1 aromatic heterocycles. The van der Waals surface area contributed by atoms with Gasteiger partial charge in [0.25, 0.3) is 0 Å². The second-order valence-electron chi connectivity index (χ2n) is 4.11. The van der Waals surface area contributed by atoms with E-state index in [-0.39, 0.29) is 0 Å². The maximum Gasteiger partial charge on any atom is 0.120 e. The first-order valence-corrected chi connectivity index (χ1v) is 5.07. The summed E-state index contributed by atoms with van der Waals surface area (Å²) in [4.78, 5) is 0. The Labute approximate surface area is 79.3 Å². The molecule has 0 amide bonds. The van der Waals surface area contributed by atoms with Crippen LogP contribution in [0.3, 0.4) is 0 Å². The van der Waals surface area contributed by atoms with E-state index in [9.17, 15) is 0 Å². The van der Waals surface area contributed by atoms with E-state index in [0.717, 1.165) is 18.2 Å². The molecule has 1 aliphatic rings. The molecular weight excluding hydrogens is 162 g/mol. The van der Waals surface area contributed by atoms with Crippen molar-refractivity contribution >= 4 is 0 Å². The molecule has 0 aromatic carbocycles. The second-order valence-corrected chi connectivity index (χ2v) is 4.11. The Morgan fingerprint density at radius 1 is 1.54 bits per heavy atom. The number of nitrogens with one attached hydrogen (secondary N) is 1. The second kappa shape index (κ2) is 3.54. The van der Waals surface area contributed by atoms with Gasteiger partial charge in [-0.25, -0.2) is 0 Å². The number of hydrogen-bond acceptors (Lipinski definition) is 2. The number of hydrogen-bond donors (Lipinski definition) is 1. The molecule has 2 rings (SSSR count). The average molecular weight is 179 g/mol. The Bertz CT molecular complexity index is 273. The maximum absolute atomic E-state index is 5.45. The van der Waals surface area contributed by atoms with E-state index in [1.54, 1.807) is 0 Å². The monoisotopic (exact) mass is 179 g/mol. The van der Waals surface area contributed by atoms with E-state index in [2.05, 4.69) is 25.2 Å². The molecule has 0 bridgehead atoms. The molecule has 0 atom stereocenters. The van der Waals surface area contributed by atoms with E-state index in [4.69, 9.17) is 4.42 Å². The summed E-state index contributed by atoms with van der Waals surface area (Å²) >= 11 is 0. The summed E-state index contributed by atoms with van der Waals surface area (Å²) in [5.74, 6) is 1.93. The van der Waals surface area contributed by atoms with Crippen molar-refractivity contribution in [1.82, 2.24) is 5.32 Å². The van der Waals surface area contributed by atoms with Crippen molar-refractivity contribution in [3.05, 3.63) is 23.7 Å². The zero-order chi connectivity index (χ0) is 9.26. The Balaban J connectivity index is 1.98. The van der Waals surface area contributed by atoms with Crippen LogP contribution in [0.15, 0.2) is 16.7 Å². The van der Waals surface area contributed by atoms with Gasteiger partial charge in [-0.3, -0.25) is 0 Å². The van der Waals surface area contributed by atoms with Gasteiger partial charge < -0.3 is 9.73 Å². The average Bonchev–Trinajstić information content (AvgIpc) is 2.82. The van der Waals surface area contributed by atoms with Gasteiger partial charge in [0.1, 0.15) is 5.76 Å². The lowest BCUT2D eigenvalue weighted by Gasteiger charge is -2.06. The van der Waals surface area contributed by atoms with Crippen molar-refractivity contribution in [3.8, 4) is 0 Å². The van der Waals surface area contributed by atoms with Crippen LogP contribution in [0, 0.1) is 0 Å². The van der Waals surface area contributed by atoms with Crippen LogP contribution in [0.5, 0.6) is 0 Å². The van der Waals surface area contributed by atoms with Crippen molar-refractivity contribution < 1.29 is 4.42 Å². The Morgan fingerprint density at radius 3 is 2.92 bits per heavy atom.